The van der Waals surface area contributed by atoms with E-state index in [1.165, 1.54) is 17.0 Å². The number of hydrogen-bond acceptors (Lipinski definition) is 5. The molecule has 1 aromatic carbocycles. The fraction of sp³-hybridized carbons (Fsp3) is 0.444. The van der Waals surface area contributed by atoms with Crippen molar-refractivity contribution in [2.24, 2.45) is 5.92 Å². The van der Waals surface area contributed by atoms with Gasteiger partial charge in [-0.25, -0.2) is 9.37 Å². The molecule has 1 aromatic heterocycles. The van der Waals surface area contributed by atoms with Crippen LogP contribution in [0.1, 0.15) is 30.6 Å². The molecule has 1 fully saturated rings. The summed E-state index contributed by atoms with van der Waals surface area (Å²) in [6, 6.07) is 6.34. The number of halogens is 1. The zero-order valence-electron chi connectivity index (χ0n) is 14.1. The van der Waals surface area contributed by atoms with Crippen molar-refractivity contribution in [2.45, 2.75) is 30.6 Å². The molecular formula is C18H22FN3OS2. The highest BCUT2D eigenvalue weighted by Gasteiger charge is 2.19. The van der Waals surface area contributed by atoms with Gasteiger partial charge < -0.3 is 10.6 Å². The molecule has 2 heterocycles. The van der Waals surface area contributed by atoms with Crippen LogP contribution in [0.5, 0.6) is 0 Å². The second kappa shape index (κ2) is 8.78. The number of nitrogens with zero attached hydrogens (tertiary/aromatic N) is 1. The first-order valence-corrected chi connectivity index (χ1v) is 10.3. The number of carbonyl (C=O) groups excluding carboxylic acids is 1. The molecule has 4 nitrogen and oxygen atoms in total. The number of benzene rings is 1. The normalized spacial score (nSPS) is 16.6. The quantitative estimate of drug-likeness (QED) is 0.742. The Bertz CT molecular complexity index is 699. The Morgan fingerprint density at radius 1 is 1.40 bits per heavy atom. The third-order valence-corrected chi connectivity index (χ3v) is 6.60. The van der Waals surface area contributed by atoms with Crippen LogP contribution in [0.2, 0.25) is 0 Å². The van der Waals surface area contributed by atoms with Gasteiger partial charge >= 0.3 is 0 Å². The van der Waals surface area contributed by atoms with Gasteiger partial charge in [-0.05, 0) is 56.1 Å². The molecule has 1 amide bonds. The summed E-state index contributed by atoms with van der Waals surface area (Å²) in [5.41, 5.74) is 0. The van der Waals surface area contributed by atoms with Gasteiger partial charge in [0.15, 0.2) is 5.13 Å². The van der Waals surface area contributed by atoms with E-state index in [4.69, 9.17) is 0 Å². The smallest absolute Gasteiger partial charge is 0.229 e. The third kappa shape index (κ3) is 5.26. The molecule has 0 bridgehead atoms. The zero-order valence-corrected chi connectivity index (χ0v) is 15.8. The molecule has 0 saturated carbocycles. The van der Waals surface area contributed by atoms with Crippen LogP contribution in [0.4, 0.5) is 9.52 Å². The van der Waals surface area contributed by atoms with Crippen molar-refractivity contribution in [3.05, 3.63) is 41.2 Å². The lowest BCUT2D eigenvalue weighted by Crippen LogP contribution is -2.26. The van der Waals surface area contributed by atoms with Crippen LogP contribution in [-0.4, -0.2) is 29.7 Å². The molecule has 1 unspecified atom stereocenters. The summed E-state index contributed by atoms with van der Waals surface area (Å²) in [7, 11) is 0. The van der Waals surface area contributed by atoms with E-state index in [9.17, 15) is 9.18 Å². The van der Waals surface area contributed by atoms with E-state index in [2.05, 4.69) is 15.6 Å². The third-order valence-electron chi connectivity index (χ3n) is 4.26. The first kappa shape index (κ1) is 18.4. The predicted octanol–water partition coefficient (Wildman–Crippen LogP) is 4.12. The highest BCUT2D eigenvalue weighted by atomic mass is 32.2. The number of hydrogen-bond donors (Lipinski definition) is 2. The maximum Gasteiger partial charge on any atom is 0.229 e. The SMILES string of the molecule is CC(CSc1ccc(F)cc1)C(=O)Nc1ncc(C2CCNCC2)s1. The molecule has 1 aliphatic rings. The van der Waals surface area contributed by atoms with Gasteiger partial charge in [0.2, 0.25) is 5.91 Å². The molecule has 3 rings (SSSR count). The van der Waals surface area contributed by atoms with Crippen LogP contribution in [-0.2, 0) is 4.79 Å². The lowest BCUT2D eigenvalue weighted by molar-refractivity contribution is -0.118. The van der Waals surface area contributed by atoms with E-state index in [0.29, 0.717) is 16.8 Å². The minimum absolute atomic E-state index is 0.0270. The highest BCUT2D eigenvalue weighted by Crippen LogP contribution is 2.32. The van der Waals surface area contributed by atoms with Gasteiger partial charge in [0, 0.05) is 27.6 Å². The first-order chi connectivity index (χ1) is 12.1. The fourth-order valence-corrected chi connectivity index (χ4v) is 4.61. The van der Waals surface area contributed by atoms with E-state index in [1.54, 1.807) is 35.2 Å². The number of carbonyl (C=O) groups is 1. The van der Waals surface area contributed by atoms with Gasteiger partial charge in [0.1, 0.15) is 5.82 Å². The number of nitrogens with one attached hydrogen (secondary N) is 2. The Hall–Kier alpha value is -1.44. The predicted molar refractivity (Wildman–Crippen MR) is 102 cm³/mol. The maximum absolute atomic E-state index is 12.9. The van der Waals surface area contributed by atoms with Crippen LogP contribution < -0.4 is 10.6 Å². The Labute approximate surface area is 155 Å². The summed E-state index contributed by atoms with van der Waals surface area (Å²) < 4.78 is 12.9. The van der Waals surface area contributed by atoms with Gasteiger partial charge in [-0.15, -0.1) is 23.1 Å². The van der Waals surface area contributed by atoms with E-state index >= 15 is 0 Å². The number of rotatable bonds is 6. The second-order valence-corrected chi connectivity index (χ2v) is 8.40. The van der Waals surface area contributed by atoms with Crippen molar-refractivity contribution in [1.82, 2.24) is 10.3 Å². The minimum Gasteiger partial charge on any atom is -0.317 e. The molecule has 0 spiro atoms. The lowest BCUT2D eigenvalue weighted by Gasteiger charge is -2.20. The monoisotopic (exact) mass is 379 g/mol. The number of aromatic nitrogens is 1. The summed E-state index contributed by atoms with van der Waals surface area (Å²) in [6.45, 7) is 3.98. The molecule has 0 aliphatic carbocycles. The van der Waals surface area contributed by atoms with Crippen LogP contribution >= 0.6 is 23.1 Å². The number of anilines is 1. The molecule has 7 heteroatoms. The van der Waals surface area contributed by atoms with Gasteiger partial charge in [0.05, 0.1) is 0 Å². The Balaban J connectivity index is 1.49. The van der Waals surface area contributed by atoms with Crippen molar-refractivity contribution < 1.29 is 9.18 Å². The molecule has 0 radical (unpaired) electrons. The van der Waals surface area contributed by atoms with Gasteiger partial charge in [-0.2, -0.15) is 0 Å². The van der Waals surface area contributed by atoms with Gasteiger partial charge in [0.25, 0.3) is 0 Å². The van der Waals surface area contributed by atoms with Crippen molar-refractivity contribution in [3.8, 4) is 0 Å². The van der Waals surface area contributed by atoms with Crippen molar-refractivity contribution in [1.29, 1.82) is 0 Å². The number of amides is 1. The van der Waals surface area contributed by atoms with E-state index in [1.807, 2.05) is 13.1 Å². The van der Waals surface area contributed by atoms with E-state index in [0.717, 1.165) is 30.8 Å². The fourth-order valence-electron chi connectivity index (χ4n) is 2.70. The van der Waals surface area contributed by atoms with Crippen molar-refractivity contribution in [3.63, 3.8) is 0 Å². The summed E-state index contributed by atoms with van der Waals surface area (Å²) in [4.78, 5) is 18.9. The van der Waals surface area contributed by atoms with Crippen molar-refractivity contribution in [2.75, 3.05) is 24.2 Å². The topological polar surface area (TPSA) is 54.0 Å². The average molecular weight is 380 g/mol. The second-order valence-electron chi connectivity index (χ2n) is 6.25. The lowest BCUT2D eigenvalue weighted by atomic mass is 9.97. The van der Waals surface area contributed by atoms with Crippen LogP contribution in [0.3, 0.4) is 0 Å². The van der Waals surface area contributed by atoms with E-state index in [-0.39, 0.29) is 17.6 Å². The Morgan fingerprint density at radius 3 is 2.84 bits per heavy atom. The molecule has 2 N–H and O–H groups in total. The maximum atomic E-state index is 12.9. The van der Waals surface area contributed by atoms with E-state index < -0.39 is 0 Å². The highest BCUT2D eigenvalue weighted by molar-refractivity contribution is 7.99. The van der Waals surface area contributed by atoms with Crippen LogP contribution in [0.25, 0.3) is 0 Å². The van der Waals surface area contributed by atoms with Gasteiger partial charge in [-0.1, -0.05) is 6.92 Å². The molecule has 1 atom stereocenters. The molecule has 1 saturated heterocycles. The van der Waals surface area contributed by atoms with Crippen molar-refractivity contribution >= 4 is 34.1 Å². The number of piperidine rings is 1. The molecular weight excluding hydrogens is 357 g/mol. The first-order valence-electron chi connectivity index (χ1n) is 8.47. The Morgan fingerprint density at radius 2 is 2.12 bits per heavy atom. The van der Waals surface area contributed by atoms with Crippen LogP contribution in [0, 0.1) is 11.7 Å². The standard InChI is InChI=1S/C18H22FN3OS2/c1-12(11-24-15-4-2-14(19)3-5-15)17(23)22-18-21-10-16(25-18)13-6-8-20-9-7-13/h2-5,10,12-13,20H,6-9,11H2,1H3,(H,21,22,23). The molecule has 25 heavy (non-hydrogen) atoms. The largest absolute Gasteiger partial charge is 0.317 e. The number of thiazole rings is 1. The molecule has 2 aromatic rings. The summed E-state index contributed by atoms with van der Waals surface area (Å²) in [5.74, 6) is 0.769. The van der Waals surface area contributed by atoms with Gasteiger partial charge in [-0.3, -0.25) is 4.79 Å². The summed E-state index contributed by atoms with van der Waals surface area (Å²) in [5, 5.41) is 6.96. The number of thioether (sulfide) groups is 1. The molecule has 134 valence electrons. The minimum atomic E-state index is -0.247. The Kier molecular flexibility index (Phi) is 6.45. The molecule has 1 aliphatic heterocycles. The zero-order chi connectivity index (χ0) is 17.6. The summed E-state index contributed by atoms with van der Waals surface area (Å²) in [6.07, 6.45) is 4.15. The average Bonchev–Trinajstić information content (AvgIpc) is 3.10. The van der Waals surface area contributed by atoms with Crippen LogP contribution in [0.15, 0.2) is 35.4 Å². The summed E-state index contributed by atoms with van der Waals surface area (Å²) >= 11 is 3.13.